The van der Waals surface area contributed by atoms with Gasteiger partial charge in [-0.3, -0.25) is 19.2 Å². The van der Waals surface area contributed by atoms with Gasteiger partial charge in [0, 0.05) is 36.4 Å². The van der Waals surface area contributed by atoms with Crippen molar-refractivity contribution in [3.8, 4) is 0 Å². The number of nitrogens with one attached hydrogen (secondary N) is 5. The Morgan fingerprint density at radius 1 is 0.577 bits per heavy atom. The summed E-state index contributed by atoms with van der Waals surface area (Å²) in [6.45, 7) is -0.514. The minimum Gasteiger partial charge on any atom is -0.480 e. The van der Waals surface area contributed by atoms with Crippen molar-refractivity contribution in [2.24, 2.45) is 5.73 Å². The van der Waals surface area contributed by atoms with Crippen LogP contribution in [-0.2, 0) is 49.7 Å². The smallest absolute Gasteiger partial charge is 0.326 e. The molecule has 52 heavy (non-hydrogen) atoms. The van der Waals surface area contributed by atoms with Crippen LogP contribution in [0, 0.1) is 0 Å². The van der Waals surface area contributed by atoms with Crippen LogP contribution < -0.4 is 27.0 Å². The predicted molar refractivity (Wildman–Crippen MR) is 197 cm³/mol. The fourth-order valence-corrected chi connectivity index (χ4v) is 5.89. The number of carbonyl (C=O) groups is 5. The largest absolute Gasteiger partial charge is 0.480 e. The second kappa shape index (κ2) is 18.1. The molecule has 0 bridgehead atoms. The number of rotatable bonds is 17. The van der Waals surface area contributed by atoms with Crippen molar-refractivity contribution in [2.75, 3.05) is 6.54 Å². The summed E-state index contributed by atoms with van der Waals surface area (Å²) in [6, 6.07) is 30.3. The highest BCUT2D eigenvalue weighted by molar-refractivity contribution is 5.95. The Bertz CT molecular complexity index is 1970. The van der Waals surface area contributed by atoms with Crippen molar-refractivity contribution >= 4 is 40.5 Å². The van der Waals surface area contributed by atoms with Crippen LogP contribution in [0.25, 0.3) is 10.9 Å². The van der Waals surface area contributed by atoms with E-state index in [2.05, 4.69) is 26.3 Å². The van der Waals surface area contributed by atoms with Crippen molar-refractivity contribution in [1.29, 1.82) is 0 Å². The number of hydrogen-bond donors (Lipinski definition) is 7. The molecule has 0 fully saturated rings. The molecule has 4 aromatic carbocycles. The van der Waals surface area contributed by atoms with E-state index in [1.54, 1.807) is 60.8 Å². The van der Waals surface area contributed by atoms with E-state index in [0.29, 0.717) is 0 Å². The zero-order chi connectivity index (χ0) is 36.9. The Kier molecular flexibility index (Phi) is 12.9. The Balaban J connectivity index is 1.27. The van der Waals surface area contributed by atoms with Gasteiger partial charge in [0.1, 0.15) is 18.1 Å². The first-order valence-electron chi connectivity index (χ1n) is 17.0. The SMILES string of the molecule is N[C@H](Cc1ccccc1)C(=O)N[C@H](Cc1c[nH]c2ccccc12)C(=O)NCC(=O)N[C@H](Cc1ccccc1)C(=O)N[C@H](Cc1ccccc1)C(=O)O. The molecule has 0 spiro atoms. The molecule has 268 valence electrons. The molecule has 4 atom stereocenters. The van der Waals surface area contributed by atoms with Gasteiger partial charge in [-0.2, -0.15) is 0 Å². The second-order valence-corrected chi connectivity index (χ2v) is 12.5. The van der Waals surface area contributed by atoms with Gasteiger partial charge in [0.05, 0.1) is 12.6 Å². The van der Waals surface area contributed by atoms with E-state index in [1.165, 1.54) is 0 Å². The summed E-state index contributed by atoms with van der Waals surface area (Å²) in [5.74, 6) is -3.75. The fourth-order valence-electron chi connectivity index (χ4n) is 5.89. The number of aliphatic carboxylic acids is 1. The van der Waals surface area contributed by atoms with Gasteiger partial charge in [-0.05, 0) is 34.7 Å². The third kappa shape index (κ3) is 10.6. The zero-order valence-electron chi connectivity index (χ0n) is 28.5. The highest BCUT2D eigenvalue weighted by Crippen LogP contribution is 2.19. The fraction of sp³-hybridized carbons (Fsp3) is 0.225. The number of amides is 4. The van der Waals surface area contributed by atoms with Crippen molar-refractivity contribution in [3.63, 3.8) is 0 Å². The molecule has 0 aliphatic rings. The Morgan fingerprint density at radius 3 is 1.67 bits per heavy atom. The molecule has 12 nitrogen and oxygen atoms in total. The number of carboxylic acid groups (broad SMARTS) is 1. The lowest BCUT2D eigenvalue weighted by Gasteiger charge is -2.23. The zero-order valence-corrected chi connectivity index (χ0v) is 28.5. The van der Waals surface area contributed by atoms with Gasteiger partial charge >= 0.3 is 5.97 Å². The minimum atomic E-state index is -1.24. The van der Waals surface area contributed by atoms with E-state index in [1.807, 2.05) is 60.7 Å². The van der Waals surface area contributed by atoms with E-state index in [0.717, 1.165) is 33.2 Å². The molecule has 1 heterocycles. The molecule has 4 amide bonds. The van der Waals surface area contributed by atoms with Gasteiger partial charge in [-0.25, -0.2) is 4.79 Å². The molecule has 8 N–H and O–H groups in total. The Labute approximate surface area is 301 Å². The van der Waals surface area contributed by atoms with Crippen LogP contribution in [0.15, 0.2) is 121 Å². The van der Waals surface area contributed by atoms with Crippen LogP contribution in [0.1, 0.15) is 22.3 Å². The summed E-state index contributed by atoms with van der Waals surface area (Å²) in [6.07, 6.45) is 2.25. The molecule has 12 heteroatoms. The molecule has 0 radical (unpaired) electrons. The normalized spacial score (nSPS) is 13.2. The molecule has 5 aromatic rings. The van der Waals surface area contributed by atoms with Crippen molar-refractivity contribution in [1.82, 2.24) is 26.3 Å². The number of fused-ring (bicyclic) bond motifs is 1. The van der Waals surface area contributed by atoms with Crippen LogP contribution in [0.4, 0.5) is 0 Å². The van der Waals surface area contributed by atoms with Crippen molar-refractivity contribution in [3.05, 3.63) is 144 Å². The molecular formula is C40H42N6O6. The third-order valence-corrected chi connectivity index (χ3v) is 8.62. The minimum absolute atomic E-state index is 0.0442. The molecule has 0 aliphatic heterocycles. The standard InChI is InChI=1S/C40H42N6O6/c41-31(20-26-12-4-1-5-13-26)37(48)45-34(23-29-24-42-32-19-11-10-18-30(29)32)38(49)43-25-36(47)44-33(21-27-14-6-2-7-15-27)39(50)46-35(40(51)52)22-28-16-8-3-9-17-28/h1-19,24,31,33-35,42H,20-23,25,41H2,(H,43,49)(H,44,47)(H,45,48)(H,46,50)(H,51,52)/t31-,33-,34-,35-/m1/s1. The van der Waals surface area contributed by atoms with Gasteiger partial charge in [-0.1, -0.05) is 109 Å². The number of H-pyrrole nitrogens is 1. The van der Waals surface area contributed by atoms with E-state index in [-0.39, 0.29) is 25.7 Å². The topological polar surface area (TPSA) is 196 Å². The van der Waals surface area contributed by atoms with Gasteiger partial charge < -0.3 is 37.1 Å². The van der Waals surface area contributed by atoms with Gasteiger partial charge in [0.15, 0.2) is 0 Å². The number of benzene rings is 4. The first-order valence-corrected chi connectivity index (χ1v) is 17.0. The molecule has 0 aliphatic carbocycles. The lowest BCUT2D eigenvalue weighted by Crippen LogP contribution is -2.56. The maximum atomic E-state index is 13.6. The van der Waals surface area contributed by atoms with Gasteiger partial charge in [0.2, 0.25) is 23.6 Å². The van der Waals surface area contributed by atoms with Gasteiger partial charge in [0.25, 0.3) is 0 Å². The number of carbonyl (C=O) groups excluding carboxylic acids is 4. The number of aromatic amines is 1. The Morgan fingerprint density at radius 2 is 1.08 bits per heavy atom. The van der Waals surface area contributed by atoms with E-state index >= 15 is 0 Å². The van der Waals surface area contributed by atoms with E-state index in [4.69, 9.17) is 5.73 Å². The second-order valence-electron chi connectivity index (χ2n) is 12.5. The van der Waals surface area contributed by atoms with Gasteiger partial charge in [-0.15, -0.1) is 0 Å². The van der Waals surface area contributed by atoms with Crippen LogP contribution >= 0.6 is 0 Å². The van der Waals surface area contributed by atoms with Crippen LogP contribution in [0.2, 0.25) is 0 Å². The van der Waals surface area contributed by atoms with Crippen molar-refractivity contribution < 1.29 is 29.1 Å². The summed E-state index contributed by atoms with van der Waals surface area (Å²) in [5.41, 5.74) is 10.2. The lowest BCUT2D eigenvalue weighted by atomic mass is 10.0. The predicted octanol–water partition coefficient (Wildman–Crippen LogP) is 2.42. The molecule has 0 saturated heterocycles. The highest BCUT2D eigenvalue weighted by atomic mass is 16.4. The summed E-state index contributed by atoms with van der Waals surface area (Å²) in [7, 11) is 0. The number of aromatic nitrogens is 1. The third-order valence-electron chi connectivity index (χ3n) is 8.62. The summed E-state index contributed by atoms with van der Waals surface area (Å²) >= 11 is 0. The molecule has 0 unspecified atom stereocenters. The maximum absolute atomic E-state index is 13.6. The number of para-hydroxylation sites is 1. The summed E-state index contributed by atoms with van der Waals surface area (Å²) < 4.78 is 0. The number of hydrogen-bond acceptors (Lipinski definition) is 6. The van der Waals surface area contributed by atoms with E-state index in [9.17, 15) is 29.1 Å². The average Bonchev–Trinajstić information content (AvgIpc) is 3.56. The first-order chi connectivity index (χ1) is 25.2. The van der Waals surface area contributed by atoms with Crippen LogP contribution in [0.5, 0.6) is 0 Å². The first kappa shape index (κ1) is 37.0. The quantitative estimate of drug-likeness (QED) is 0.0773. The summed E-state index contributed by atoms with van der Waals surface area (Å²) in [4.78, 5) is 68.9. The lowest BCUT2D eigenvalue weighted by molar-refractivity contribution is -0.142. The van der Waals surface area contributed by atoms with Crippen LogP contribution in [-0.4, -0.2) is 70.4 Å². The molecular weight excluding hydrogens is 660 g/mol. The average molecular weight is 703 g/mol. The molecule has 1 aromatic heterocycles. The maximum Gasteiger partial charge on any atom is 0.326 e. The van der Waals surface area contributed by atoms with E-state index < -0.39 is 60.3 Å². The van der Waals surface area contributed by atoms with Crippen molar-refractivity contribution in [2.45, 2.75) is 49.9 Å². The summed E-state index contributed by atoms with van der Waals surface area (Å²) in [5, 5.41) is 21.3. The monoisotopic (exact) mass is 702 g/mol. The highest BCUT2D eigenvalue weighted by Gasteiger charge is 2.29. The van der Waals surface area contributed by atoms with Crippen LogP contribution in [0.3, 0.4) is 0 Å². The molecule has 0 saturated carbocycles. The number of nitrogens with two attached hydrogens (primary N) is 1. The number of carboxylic acids is 1. The Hall–Kier alpha value is -6.27. The molecule has 5 rings (SSSR count).